The van der Waals surface area contributed by atoms with Crippen molar-refractivity contribution in [3.8, 4) is 5.75 Å². The van der Waals surface area contributed by atoms with Crippen molar-refractivity contribution in [2.75, 3.05) is 18.9 Å². The van der Waals surface area contributed by atoms with E-state index in [1.54, 1.807) is 12.1 Å². The summed E-state index contributed by atoms with van der Waals surface area (Å²) in [5, 5.41) is 51.2. The Morgan fingerprint density at radius 1 is 1.12 bits per heavy atom. The Balaban J connectivity index is 2.83. The SMILES string of the molecule is NC(CCC(=O)NC(CSC(CO)C(O)c1ccccc1O)C(=O)NCC(=O)O)C(=O)O. The molecule has 1 rings (SSSR count). The van der Waals surface area contributed by atoms with Crippen LogP contribution in [0.1, 0.15) is 24.5 Å². The minimum absolute atomic E-state index is 0.155. The van der Waals surface area contributed by atoms with Gasteiger partial charge < -0.3 is 41.9 Å². The quantitative estimate of drug-likeness (QED) is 0.154. The van der Waals surface area contributed by atoms with Gasteiger partial charge in [0.25, 0.3) is 0 Å². The van der Waals surface area contributed by atoms with Crippen LogP contribution in [0.2, 0.25) is 0 Å². The second kappa shape index (κ2) is 13.5. The maximum atomic E-state index is 12.3. The molecular weight excluding hydrogens is 446 g/mol. The zero-order valence-electron chi connectivity index (χ0n) is 17.0. The van der Waals surface area contributed by atoms with Gasteiger partial charge >= 0.3 is 11.9 Å². The number of phenolic OH excluding ortho intramolecular Hbond substituents is 1. The Kier molecular flexibility index (Phi) is 11.5. The fourth-order valence-electron chi connectivity index (χ4n) is 2.55. The Morgan fingerprint density at radius 2 is 1.78 bits per heavy atom. The van der Waals surface area contributed by atoms with E-state index in [-0.39, 0.29) is 29.9 Å². The standard InChI is InChI=1S/C19H27N3O9S/c20-11(19(30)31)5-6-15(25)22-12(18(29)21-7-16(26)27)9-32-14(8-23)17(28)10-3-1-2-4-13(10)24/h1-4,11-12,14,17,23-24,28H,5-9,20H2,(H,21,29)(H,22,25)(H,26,27)(H,30,31). The summed E-state index contributed by atoms with van der Waals surface area (Å²) in [7, 11) is 0. The number of aromatic hydroxyl groups is 1. The lowest BCUT2D eigenvalue weighted by Crippen LogP contribution is -2.50. The summed E-state index contributed by atoms with van der Waals surface area (Å²) in [5.74, 6) is -4.42. The third-order valence-corrected chi connectivity index (χ3v) is 5.69. The Bertz CT molecular complexity index is 808. The molecule has 0 bridgehead atoms. The number of carboxylic acids is 2. The molecule has 0 aliphatic carbocycles. The van der Waals surface area contributed by atoms with Gasteiger partial charge in [-0.2, -0.15) is 11.8 Å². The molecule has 0 fully saturated rings. The Hall–Kier alpha value is -2.87. The number of nitrogens with one attached hydrogen (secondary N) is 2. The lowest BCUT2D eigenvalue weighted by Gasteiger charge is -2.24. The van der Waals surface area contributed by atoms with E-state index in [4.69, 9.17) is 15.9 Å². The number of thioether (sulfide) groups is 1. The van der Waals surface area contributed by atoms with Gasteiger partial charge in [-0.3, -0.25) is 19.2 Å². The molecule has 13 heteroatoms. The van der Waals surface area contributed by atoms with Crippen molar-refractivity contribution in [1.29, 1.82) is 0 Å². The topological polar surface area (TPSA) is 220 Å². The first-order valence-corrected chi connectivity index (χ1v) is 10.6. The molecule has 4 unspecified atom stereocenters. The number of carbonyl (C=O) groups is 4. The van der Waals surface area contributed by atoms with E-state index >= 15 is 0 Å². The number of para-hydroxylation sites is 1. The van der Waals surface area contributed by atoms with Gasteiger partial charge in [-0.25, -0.2) is 0 Å². The molecule has 0 saturated heterocycles. The van der Waals surface area contributed by atoms with Gasteiger partial charge in [-0.15, -0.1) is 0 Å². The molecule has 2 amide bonds. The fraction of sp³-hybridized carbons (Fsp3) is 0.474. The fourth-order valence-corrected chi connectivity index (χ4v) is 3.66. The number of hydrogen-bond donors (Lipinski definition) is 8. The van der Waals surface area contributed by atoms with Crippen LogP contribution in [0.5, 0.6) is 5.75 Å². The van der Waals surface area contributed by atoms with Crippen LogP contribution in [0.4, 0.5) is 0 Å². The van der Waals surface area contributed by atoms with Gasteiger partial charge in [-0.05, 0) is 12.5 Å². The van der Waals surface area contributed by atoms with Gasteiger partial charge in [0.1, 0.15) is 24.4 Å². The Labute approximate surface area is 187 Å². The molecule has 9 N–H and O–H groups in total. The van der Waals surface area contributed by atoms with Gasteiger partial charge in [0.2, 0.25) is 11.8 Å². The van der Waals surface area contributed by atoms with Crippen molar-refractivity contribution < 1.29 is 44.7 Å². The van der Waals surface area contributed by atoms with E-state index in [9.17, 15) is 34.5 Å². The van der Waals surface area contributed by atoms with Crippen LogP contribution < -0.4 is 16.4 Å². The molecule has 178 valence electrons. The number of carbonyl (C=O) groups excluding carboxylic acids is 2. The molecule has 4 atom stereocenters. The molecular formula is C19H27N3O9S. The number of phenols is 1. The Morgan fingerprint density at radius 3 is 2.34 bits per heavy atom. The number of benzene rings is 1. The van der Waals surface area contributed by atoms with Crippen molar-refractivity contribution in [3.05, 3.63) is 29.8 Å². The van der Waals surface area contributed by atoms with E-state index in [2.05, 4.69) is 10.6 Å². The van der Waals surface area contributed by atoms with Gasteiger partial charge in [0.05, 0.1) is 18.0 Å². The van der Waals surface area contributed by atoms with Gasteiger partial charge in [0, 0.05) is 17.7 Å². The number of carboxylic acid groups (broad SMARTS) is 2. The van der Waals surface area contributed by atoms with Crippen LogP contribution >= 0.6 is 11.8 Å². The first-order chi connectivity index (χ1) is 15.1. The highest BCUT2D eigenvalue weighted by molar-refractivity contribution is 8.00. The second-order valence-corrected chi connectivity index (χ2v) is 8.05. The molecule has 0 aliphatic rings. The second-order valence-electron chi connectivity index (χ2n) is 6.77. The van der Waals surface area contributed by atoms with Crippen molar-refractivity contribution in [3.63, 3.8) is 0 Å². The van der Waals surface area contributed by atoms with Crippen LogP contribution in [0.15, 0.2) is 24.3 Å². The van der Waals surface area contributed by atoms with Crippen LogP contribution in [-0.4, -0.2) is 85.5 Å². The van der Waals surface area contributed by atoms with Crippen LogP contribution in [0.3, 0.4) is 0 Å². The van der Waals surface area contributed by atoms with Crippen molar-refractivity contribution in [2.45, 2.75) is 36.3 Å². The molecule has 1 aromatic rings. The van der Waals surface area contributed by atoms with Gasteiger partial charge in [0.15, 0.2) is 0 Å². The largest absolute Gasteiger partial charge is 0.508 e. The van der Waals surface area contributed by atoms with Crippen LogP contribution in [0.25, 0.3) is 0 Å². The average molecular weight is 474 g/mol. The van der Waals surface area contributed by atoms with E-state index in [0.717, 1.165) is 11.8 Å². The van der Waals surface area contributed by atoms with Crippen LogP contribution in [-0.2, 0) is 19.2 Å². The third kappa shape index (κ3) is 9.09. The smallest absolute Gasteiger partial charge is 0.322 e. The molecule has 0 heterocycles. The van der Waals surface area contributed by atoms with Crippen molar-refractivity contribution >= 4 is 35.5 Å². The molecule has 32 heavy (non-hydrogen) atoms. The summed E-state index contributed by atoms with van der Waals surface area (Å²) in [5.41, 5.74) is 5.51. The van der Waals surface area contributed by atoms with E-state index < -0.39 is 60.3 Å². The first kappa shape index (κ1) is 27.2. The van der Waals surface area contributed by atoms with Crippen molar-refractivity contribution in [2.24, 2.45) is 5.73 Å². The van der Waals surface area contributed by atoms with Crippen molar-refractivity contribution in [1.82, 2.24) is 10.6 Å². The van der Waals surface area contributed by atoms with E-state index in [1.165, 1.54) is 12.1 Å². The van der Waals surface area contributed by atoms with E-state index in [0.29, 0.717) is 0 Å². The zero-order chi connectivity index (χ0) is 24.3. The molecule has 1 aromatic carbocycles. The van der Waals surface area contributed by atoms with E-state index in [1.807, 2.05) is 0 Å². The average Bonchev–Trinajstić information content (AvgIpc) is 2.75. The number of aliphatic carboxylic acids is 2. The highest BCUT2D eigenvalue weighted by Gasteiger charge is 2.28. The number of hydrogen-bond acceptors (Lipinski definition) is 9. The highest BCUT2D eigenvalue weighted by Crippen LogP contribution is 2.31. The summed E-state index contributed by atoms with van der Waals surface area (Å²) < 4.78 is 0. The summed E-state index contributed by atoms with van der Waals surface area (Å²) in [6.45, 7) is -1.21. The number of nitrogens with two attached hydrogens (primary N) is 1. The zero-order valence-corrected chi connectivity index (χ0v) is 17.8. The van der Waals surface area contributed by atoms with Crippen LogP contribution in [0, 0.1) is 0 Å². The molecule has 0 spiro atoms. The lowest BCUT2D eigenvalue weighted by molar-refractivity contribution is -0.139. The summed E-state index contributed by atoms with van der Waals surface area (Å²) in [4.78, 5) is 46.0. The number of rotatable bonds is 14. The normalized spacial score (nSPS) is 14.6. The molecule has 12 nitrogen and oxygen atoms in total. The summed E-state index contributed by atoms with van der Waals surface area (Å²) >= 11 is 0.922. The monoisotopic (exact) mass is 473 g/mol. The number of aliphatic hydroxyl groups is 2. The molecule has 0 saturated carbocycles. The predicted molar refractivity (Wildman–Crippen MR) is 114 cm³/mol. The first-order valence-electron chi connectivity index (χ1n) is 9.52. The maximum absolute atomic E-state index is 12.3. The minimum atomic E-state index is -1.30. The summed E-state index contributed by atoms with van der Waals surface area (Å²) in [6, 6.07) is 3.47. The predicted octanol–water partition coefficient (Wildman–Crippen LogP) is -1.60. The summed E-state index contributed by atoms with van der Waals surface area (Å²) in [6.07, 6.45) is -1.76. The lowest BCUT2D eigenvalue weighted by atomic mass is 10.1. The number of amides is 2. The molecule has 0 aromatic heterocycles. The molecule has 0 aliphatic heterocycles. The molecule has 0 radical (unpaired) electrons. The third-order valence-electron chi connectivity index (χ3n) is 4.33. The van der Waals surface area contributed by atoms with Gasteiger partial charge in [-0.1, -0.05) is 18.2 Å². The maximum Gasteiger partial charge on any atom is 0.322 e. The number of aliphatic hydroxyl groups excluding tert-OH is 2. The highest BCUT2D eigenvalue weighted by atomic mass is 32.2. The minimum Gasteiger partial charge on any atom is -0.508 e.